The van der Waals surface area contributed by atoms with Gasteiger partial charge in [-0.15, -0.1) is 10.2 Å². The predicted molar refractivity (Wildman–Crippen MR) is 99.0 cm³/mol. The molecule has 0 saturated heterocycles. The molecule has 8 heteroatoms. The minimum Gasteiger partial charge on any atom is -0.357 e. The lowest BCUT2D eigenvalue weighted by atomic mass is 10.0. The summed E-state index contributed by atoms with van der Waals surface area (Å²) in [6.45, 7) is 4.17. The van der Waals surface area contributed by atoms with E-state index in [4.69, 9.17) is 24.5 Å². The van der Waals surface area contributed by atoms with Gasteiger partial charge in [-0.05, 0) is 24.6 Å². The van der Waals surface area contributed by atoms with Crippen LogP contribution < -0.4 is 29.2 Å². The summed E-state index contributed by atoms with van der Waals surface area (Å²) in [5.74, 6) is 6.40. The molecule has 0 fully saturated rings. The highest BCUT2D eigenvalue weighted by atomic mass is 35.7. The highest BCUT2D eigenvalue weighted by molar-refractivity contribution is 5.99. The van der Waals surface area contributed by atoms with Crippen molar-refractivity contribution in [1.82, 2.24) is 4.98 Å². The smallest absolute Gasteiger partial charge is 0.243 e. The van der Waals surface area contributed by atoms with E-state index in [-0.39, 0.29) is 0 Å². The van der Waals surface area contributed by atoms with Crippen molar-refractivity contribution >= 4 is 10.8 Å². The van der Waals surface area contributed by atoms with E-state index in [0.717, 1.165) is 28.3 Å². The van der Waals surface area contributed by atoms with Crippen LogP contribution in [-0.4, -0.2) is 4.98 Å². The van der Waals surface area contributed by atoms with Gasteiger partial charge >= 0.3 is 0 Å². The number of nitrogens with two attached hydrogens (primary N) is 1. The molecule has 0 unspecified atom stereocenters. The first kappa shape index (κ1) is 20.8. The van der Waals surface area contributed by atoms with E-state index in [1.807, 2.05) is 24.3 Å². The normalized spacial score (nSPS) is 11.2. The number of aromatic nitrogens is 2. The Kier molecular flexibility index (Phi) is 5.88. The standard InChI is InChI=1S/C21H19N3.ClHO4/c1-14-20-15(2)24(22)19(16-9-5-3-6-10-16)13-18(20)21(23-14)17-11-7-4-8-12-17;2-1(3,4)5/h3-13H,22H2,1-2H3;(H,2,3,4,5). The van der Waals surface area contributed by atoms with Gasteiger partial charge < -0.3 is 4.98 Å². The minimum atomic E-state index is -4.94. The second-order valence-corrected chi connectivity index (χ2v) is 7.26. The number of nitrogens with zero attached hydrogens (tertiary/aromatic N) is 1. The zero-order valence-electron chi connectivity index (χ0n) is 15.9. The maximum atomic E-state index is 8.49. The van der Waals surface area contributed by atoms with E-state index >= 15 is 0 Å². The van der Waals surface area contributed by atoms with Gasteiger partial charge in [0.25, 0.3) is 0 Å². The van der Waals surface area contributed by atoms with Gasteiger partial charge in [0.05, 0.1) is 11.1 Å². The molecule has 0 saturated carbocycles. The third kappa shape index (κ3) is 4.73. The molecule has 0 aliphatic carbocycles. The van der Waals surface area contributed by atoms with E-state index < -0.39 is 10.2 Å². The van der Waals surface area contributed by atoms with Gasteiger partial charge in [-0.3, -0.25) is 0 Å². The van der Waals surface area contributed by atoms with E-state index in [1.54, 1.807) is 4.68 Å². The van der Waals surface area contributed by atoms with Gasteiger partial charge in [-0.25, -0.2) is 24.5 Å². The first-order valence-corrected chi connectivity index (χ1v) is 9.96. The van der Waals surface area contributed by atoms with E-state index in [9.17, 15) is 0 Å². The summed E-state index contributed by atoms with van der Waals surface area (Å²) < 4.78 is 35.8. The molecule has 2 aromatic heterocycles. The van der Waals surface area contributed by atoms with E-state index in [2.05, 4.69) is 61.3 Å². The summed E-state index contributed by atoms with van der Waals surface area (Å²) in [5.41, 5.74) is 6.65. The fourth-order valence-electron chi connectivity index (χ4n) is 3.43. The van der Waals surface area contributed by atoms with Crippen LogP contribution in [0.5, 0.6) is 0 Å². The Balaban J connectivity index is 0.000000431. The topological polar surface area (TPSA) is 138 Å². The molecule has 0 amide bonds. The van der Waals surface area contributed by atoms with Crippen molar-refractivity contribution in [3.8, 4) is 22.5 Å². The number of nitrogens with one attached hydrogen (secondary N) is 1. The molecule has 2 heterocycles. The van der Waals surface area contributed by atoms with Crippen LogP contribution in [0.3, 0.4) is 0 Å². The summed E-state index contributed by atoms with van der Waals surface area (Å²) in [5, 5.41) is 2.40. The summed E-state index contributed by atoms with van der Waals surface area (Å²) in [4.78, 5) is 3.55. The van der Waals surface area contributed by atoms with Crippen LogP contribution in [0.1, 0.15) is 11.4 Å². The molecule has 7 nitrogen and oxygen atoms in total. The lowest BCUT2D eigenvalue weighted by Gasteiger charge is -2.17. The fourth-order valence-corrected chi connectivity index (χ4v) is 3.43. The highest BCUT2D eigenvalue weighted by Gasteiger charge is 2.22. The number of halogens is 1. The highest BCUT2D eigenvalue weighted by Crippen LogP contribution is 2.33. The molecule has 0 bridgehead atoms. The number of benzene rings is 2. The van der Waals surface area contributed by atoms with Crippen LogP contribution in [0.15, 0.2) is 66.7 Å². The van der Waals surface area contributed by atoms with Gasteiger partial charge in [0.2, 0.25) is 11.4 Å². The first-order valence-electron chi connectivity index (χ1n) is 8.72. The Morgan fingerprint density at radius 2 is 1.31 bits per heavy atom. The lowest BCUT2D eigenvalue weighted by molar-refractivity contribution is -2.00. The number of H-pyrrole nitrogens is 1. The molecule has 3 N–H and O–H groups in total. The van der Waals surface area contributed by atoms with E-state index in [1.165, 1.54) is 16.3 Å². The zero-order chi connectivity index (χ0) is 21.2. The predicted octanol–water partition coefficient (Wildman–Crippen LogP) is -0.636. The number of rotatable bonds is 2. The molecular weight excluding hydrogens is 394 g/mol. The summed E-state index contributed by atoms with van der Waals surface area (Å²) in [6, 6.07) is 22.9. The van der Waals surface area contributed by atoms with Crippen molar-refractivity contribution in [1.29, 1.82) is 0 Å². The lowest BCUT2D eigenvalue weighted by Crippen LogP contribution is -2.68. The molecule has 0 radical (unpaired) electrons. The van der Waals surface area contributed by atoms with Crippen molar-refractivity contribution in [2.75, 3.05) is 5.84 Å². The quantitative estimate of drug-likeness (QED) is 0.332. The third-order valence-corrected chi connectivity index (χ3v) is 4.62. The van der Waals surface area contributed by atoms with Crippen molar-refractivity contribution in [3.63, 3.8) is 0 Å². The zero-order valence-corrected chi connectivity index (χ0v) is 16.6. The summed E-state index contributed by atoms with van der Waals surface area (Å²) >= 11 is 0. The van der Waals surface area contributed by atoms with Crippen molar-refractivity contribution in [2.24, 2.45) is 0 Å². The minimum absolute atomic E-state index is 1.01. The second kappa shape index (κ2) is 8.20. The van der Waals surface area contributed by atoms with Crippen LogP contribution in [0.2, 0.25) is 0 Å². The molecule has 4 rings (SSSR count). The molecule has 29 heavy (non-hydrogen) atoms. The van der Waals surface area contributed by atoms with Crippen molar-refractivity contribution in [2.45, 2.75) is 13.8 Å². The maximum absolute atomic E-state index is 8.49. The van der Waals surface area contributed by atoms with Gasteiger partial charge in [0.15, 0.2) is 0 Å². The number of hydrogen-bond donors (Lipinski definition) is 2. The van der Waals surface area contributed by atoms with Gasteiger partial charge in [-0.2, -0.15) is 0 Å². The molecule has 4 aromatic rings. The average Bonchev–Trinajstić information content (AvgIpc) is 3.01. The van der Waals surface area contributed by atoms with Gasteiger partial charge in [-0.1, -0.05) is 53.2 Å². The largest absolute Gasteiger partial charge is 0.357 e. The van der Waals surface area contributed by atoms with Crippen LogP contribution in [-0.2, 0) is 0 Å². The number of pyridine rings is 1. The Labute approximate surface area is 170 Å². The van der Waals surface area contributed by atoms with Crippen LogP contribution >= 0.6 is 0 Å². The second-order valence-electron chi connectivity index (χ2n) is 6.51. The fraction of sp³-hybridized carbons (Fsp3) is 0.0952. The number of fused-ring (bicyclic) bond motifs is 1. The molecular formula is C21H20ClN3O4. The maximum Gasteiger partial charge on any atom is 0.243 e. The Morgan fingerprint density at radius 3 is 1.83 bits per heavy atom. The molecule has 0 spiro atoms. The van der Waals surface area contributed by atoms with Gasteiger partial charge in [0, 0.05) is 29.6 Å². The monoisotopic (exact) mass is 413 g/mol. The molecule has 0 aliphatic rings. The van der Waals surface area contributed by atoms with E-state index in [0.29, 0.717) is 0 Å². The SMILES string of the molecule is Cc1[nH]c(-c2ccccc2)c2cc(-c3ccccc3)[n+](N)c(C)c12.[O-][Cl+3]([O-])([O-])[O-]. The summed E-state index contributed by atoms with van der Waals surface area (Å²) in [7, 11) is -4.94. The Bertz CT molecular complexity index is 1120. The number of aryl methyl sites for hydroxylation is 2. The molecule has 2 aromatic carbocycles. The van der Waals surface area contributed by atoms with Crippen LogP contribution in [0, 0.1) is 24.1 Å². The molecule has 150 valence electrons. The first-order chi connectivity index (χ1) is 13.7. The van der Waals surface area contributed by atoms with Crippen LogP contribution in [0.4, 0.5) is 0 Å². The molecule has 0 atom stereocenters. The third-order valence-electron chi connectivity index (χ3n) is 4.62. The number of nitrogen functional groups attached to an aromatic ring is 1. The summed E-state index contributed by atoms with van der Waals surface area (Å²) in [6.07, 6.45) is 0. The van der Waals surface area contributed by atoms with Crippen molar-refractivity contribution < 1.29 is 33.6 Å². The average molecular weight is 414 g/mol. The van der Waals surface area contributed by atoms with Crippen molar-refractivity contribution in [3.05, 3.63) is 78.1 Å². The Morgan fingerprint density at radius 1 is 0.828 bits per heavy atom. The number of aromatic amines is 1. The Hall–Kier alpha value is -2.94. The number of hydrogen-bond acceptors (Lipinski definition) is 5. The van der Waals surface area contributed by atoms with Crippen LogP contribution in [0.25, 0.3) is 33.3 Å². The molecule has 0 aliphatic heterocycles. The van der Waals surface area contributed by atoms with Gasteiger partial charge in [0.1, 0.15) is 0 Å².